The van der Waals surface area contributed by atoms with E-state index in [0.717, 1.165) is 36.5 Å². The van der Waals surface area contributed by atoms with Gasteiger partial charge < -0.3 is 23.8 Å². The van der Waals surface area contributed by atoms with Crippen molar-refractivity contribution in [3.05, 3.63) is 23.8 Å². The first-order valence-corrected chi connectivity index (χ1v) is 8.58. The van der Waals surface area contributed by atoms with Crippen molar-refractivity contribution < 1.29 is 23.7 Å². The number of nitrogens with zero attached hydrogens (tertiary/aromatic N) is 1. The molecule has 2 aliphatic rings. The van der Waals surface area contributed by atoms with Crippen LogP contribution in [0.4, 0.5) is 0 Å². The monoisotopic (exact) mass is 335 g/mol. The molecule has 1 aromatic rings. The Bertz CT molecular complexity index is 571. The summed E-state index contributed by atoms with van der Waals surface area (Å²) < 4.78 is 22.0. The van der Waals surface area contributed by atoms with E-state index in [4.69, 9.17) is 18.9 Å². The number of likely N-dealkylation sites (N-methyl/N-ethyl adjacent to an activating group) is 1. The molecule has 132 valence electrons. The van der Waals surface area contributed by atoms with Crippen LogP contribution in [-0.2, 0) is 20.8 Å². The van der Waals surface area contributed by atoms with Crippen LogP contribution >= 0.6 is 0 Å². The standard InChI is InChI=1S/C18H25NO5/c1-3-19(10-14-6-7-16-17(9-14)24-12-23-16)18(20)13(2)22-11-15-5-4-8-21-15/h6-7,9,13,15H,3-5,8,10-12H2,1-2H3/t13-,15+/m1/s1. The Kier molecular flexibility index (Phi) is 5.58. The lowest BCUT2D eigenvalue weighted by Crippen LogP contribution is -2.39. The number of carbonyl (C=O) groups excluding carboxylic acids is 1. The van der Waals surface area contributed by atoms with Crippen molar-refractivity contribution in [2.24, 2.45) is 0 Å². The van der Waals surface area contributed by atoms with E-state index >= 15 is 0 Å². The molecule has 3 rings (SSSR count). The third-order valence-electron chi connectivity index (χ3n) is 4.41. The first kappa shape index (κ1) is 17.0. The van der Waals surface area contributed by atoms with Gasteiger partial charge in [0.05, 0.1) is 12.7 Å². The van der Waals surface area contributed by atoms with Crippen molar-refractivity contribution in [3.8, 4) is 11.5 Å². The second-order valence-electron chi connectivity index (χ2n) is 6.15. The van der Waals surface area contributed by atoms with E-state index in [1.54, 1.807) is 11.8 Å². The lowest BCUT2D eigenvalue weighted by Gasteiger charge is -2.25. The average Bonchev–Trinajstić information content (AvgIpc) is 3.27. The number of hydrogen-bond acceptors (Lipinski definition) is 5. The Morgan fingerprint density at radius 1 is 1.38 bits per heavy atom. The molecule has 2 heterocycles. The van der Waals surface area contributed by atoms with Crippen LogP contribution in [0, 0.1) is 0 Å². The van der Waals surface area contributed by atoms with E-state index in [9.17, 15) is 4.79 Å². The van der Waals surface area contributed by atoms with Crippen molar-refractivity contribution in [2.75, 3.05) is 26.6 Å². The van der Waals surface area contributed by atoms with E-state index < -0.39 is 6.10 Å². The first-order valence-electron chi connectivity index (χ1n) is 8.58. The molecule has 6 heteroatoms. The van der Waals surface area contributed by atoms with Crippen LogP contribution in [0.5, 0.6) is 11.5 Å². The van der Waals surface area contributed by atoms with Crippen LogP contribution in [0.3, 0.4) is 0 Å². The maximum atomic E-state index is 12.6. The smallest absolute Gasteiger partial charge is 0.251 e. The van der Waals surface area contributed by atoms with E-state index in [-0.39, 0.29) is 18.8 Å². The van der Waals surface area contributed by atoms with Gasteiger partial charge in [-0.05, 0) is 44.4 Å². The molecule has 0 unspecified atom stereocenters. The largest absolute Gasteiger partial charge is 0.454 e. The van der Waals surface area contributed by atoms with Crippen LogP contribution in [0.2, 0.25) is 0 Å². The maximum absolute atomic E-state index is 12.6. The van der Waals surface area contributed by atoms with Gasteiger partial charge in [0, 0.05) is 19.7 Å². The van der Waals surface area contributed by atoms with Gasteiger partial charge in [-0.3, -0.25) is 4.79 Å². The highest BCUT2D eigenvalue weighted by atomic mass is 16.7. The second kappa shape index (κ2) is 7.85. The fourth-order valence-electron chi connectivity index (χ4n) is 2.96. The first-order chi connectivity index (χ1) is 11.7. The van der Waals surface area contributed by atoms with E-state index in [2.05, 4.69) is 0 Å². The molecule has 1 amide bonds. The molecule has 0 aromatic heterocycles. The zero-order valence-corrected chi connectivity index (χ0v) is 14.3. The predicted molar refractivity (Wildman–Crippen MR) is 88.0 cm³/mol. The third-order valence-corrected chi connectivity index (χ3v) is 4.41. The van der Waals surface area contributed by atoms with Crippen molar-refractivity contribution in [1.29, 1.82) is 0 Å². The Morgan fingerprint density at radius 3 is 2.96 bits per heavy atom. The number of ether oxygens (including phenoxy) is 4. The van der Waals surface area contributed by atoms with Gasteiger partial charge in [0.2, 0.25) is 6.79 Å². The summed E-state index contributed by atoms with van der Waals surface area (Å²) in [5, 5.41) is 0. The van der Waals surface area contributed by atoms with Crippen molar-refractivity contribution >= 4 is 5.91 Å². The zero-order chi connectivity index (χ0) is 16.9. The summed E-state index contributed by atoms with van der Waals surface area (Å²) in [6, 6.07) is 5.77. The second-order valence-corrected chi connectivity index (χ2v) is 6.15. The van der Waals surface area contributed by atoms with Crippen molar-refractivity contribution in [1.82, 2.24) is 4.90 Å². The molecule has 0 radical (unpaired) electrons. The van der Waals surface area contributed by atoms with Gasteiger partial charge in [-0.1, -0.05) is 6.07 Å². The predicted octanol–water partition coefficient (Wildman–Crippen LogP) is 2.35. The quantitative estimate of drug-likeness (QED) is 0.765. The lowest BCUT2D eigenvalue weighted by molar-refractivity contribution is -0.145. The van der Waals surface area contributed by atoms with Gasteiger partial charge in [-0.25, -0.2) is 0 Å². The van der Waals surface area contributed by atoms with Crippen LogP contribution in [0.15, 0.2) is 18.2 Å². The Balaban J connectivity index is 1.55. The number of hydrogen-bond donors (Lipinski definition) is 0. The fourth-order valence-corrected chi connectivity index (χ4v) is 2.96. The van der Waals surface area contributed by atoms with Crippen LogP contribution < -0.4 is 9.47 Å². The number of fused-ring (bicyclic) bond motifs is 1. The van der Waals surface area contributed by atoms with E-state index in [1.807, 2.05) is 25.1 Å². The molecule has 0 aliphatic carbocycles. The molecule has 0 bridgehead atoms. The molecule has 0 N–H and O–H groups in total. The highest BCUT2D eigenvalue weighted by molar-refractivity contribution is 5.80. The highest BCUT2D eigenvalue weighted by Gasteiger charge is 2.24. The minimum absolute atomic E-state index is 0.00633. The van der Waals surface area contributed by atoms with Gasteiger partial charge in [0.15, 0.2) is 11.5 Å². The maximum Gasteiger partial charge on any atom is 0.251 e. The summed E-state index contributed by atoms with van der Waals surface area (Å²) >= 11 is 0. The van der Waals surface area contributed by atoms with Gasteiger partial charge >= 0.3 is 0 Å². The molecular formula is C18H25NO5. The number of carbonyl (C=O) groups is 1. The van der Waals surface area contributed by atoms with E-state index in [0.29, 0.717) is 19.7 Å². The summed E-state index contributed by atoms with van der Waals surface area (Å²) in [6.07, 6.45) is 1.74. The van der Waals surface area contributed by atoms with Gasteiger partial charge in [0.25, 0.3) is 5.91 Å². The summed E-state index contributed by atoms with van der Waals surface area (Å²) in [5.74, 6) is 1.48. The van der Waals surface area contributed by atoms with Crippen LogP contribution in [-0.4, -0.2) is 49.6 Å². The molecule has 2 aliphatic heterocycles. The molecule has 1 aromatic carbocycles. The van der Waals surface area contributed by atoms with Crippen molar-refractivity contribution in [2.45, 2.75) is 45.4 Å². The normalized spacial score (nSPS) is 20.2. The molecule has 24 heavy (non-hydrogen) atoms. The minimum atomic E-state index is -0.469. The topological polar surface area (TPSA) is 57.2 Å². The molecular weight excluding hydrogens is 310 g/mol. The highest BCUT2D eigenvalue weighted by Crippen LogP contribution is 2.32. The van der Waals surface area contributed by atoms with Crippen LogP contribution in [0.1, 0.15) is 32.3 Å². The Labute approximate surface area is 142 Å². The van der Waals surface area contributed by atoms with Gasteiger partial charge in [0.1, 0.15) is 6.10 Å². The zero-order valence-electron chi connectivity index (χ0n) is 14.3. The van der Waals surface area contributed by atoms with E-state index in [1.165, 1.54) is 0 Å². The lowest BCUT2D eigenvalue weighted by atomic mass is 10.1. The SMILES string of the molecule is CCN(Cc1ccc2c(c1)OCO2)C(=O)[C@@H](C)OC[C@@H]1CCCO1. The number of amides is 1. The summed E-state index contributed by atoms with van der Waals surface area (Å²) in [6.45, 7) is 6.46. The fraction of sp³-hybridized carbons (Fsp3) is 0.611. The number of rotatable bonds is 7. The molecule has 0 spiro atoms. The Morgan fingerprint density at radius 2 is 2.21 bits per heavy atom. The minimum Gasteiger partial charge on any atom is -0.454 e. The average molecular weight is 335 g/mol. The summed E-state index contributed by atoms with van der Waals surface area (Å²) in [5.41, 5.74) is 1.01. The van der Waals surface area contributed by atoms with Crippen molar-refractivity contribution in [3.63, 3.8) is 0 Å². The van der Waals surface area contributed by atoms with Gasteiger partial charge in [-0.15, -0.1) is 0 Å². The molecule has 1 saturated heterocycles. The van der Waals surface area contributed by atoms with Crippen LogP contribution in [0.25, 0.3) is 0 Å². The molecule has 1 fully saturated rings. The number of benzene rings is 1. The summed E-state index contributed by atoms with van der Waals surface area (Å²) in [4.78, 5) is 14.4. The molecule has 6 nitrogen and oxygen atoms in total. The van der Waals surface area contributed by atoms with Gasteiger partial charge in [-0.2, -0.15) is 0 Å². The molecule has 2 atom stereocenters. The summed E-state index contributed by atoms with van der Waals surface area (Å²) in [7, 11) is 0. The third kappa shape index (κ3) is 3.99. The molecule has 0 saturated carbocycles. The Hall–Kier alpha value is -1.79.